The van der Waals surface area contributed by atoms with Gasteiger partial charge in [-0.05, 0) is 62.3 Å². The summed E-state index contributed by atoms with van der Waals surface area (Å²) in [7, 11) is 0. The van der Waals surface area contributed by atoms with E-state index in [0.717, 1.165) is 0 Å². The molecule has 0 saturated carbocycles. The Labute approximate surface area is 234 Å². The number of guanidine groups is 1. The normalized spacial score (nSPS) is 13.9. The van der Waals surface area contributed by atoms with Crippen molar-refractivity contribution >= 4 is 29.7 Å². The van der Waals surface area contributed by atoms with Crippen LogP contribution in [0.4, 0.5) is 0 Å². The van der Waals surface area contributed by atoms with Crippen molar-refractivity contribution in [3.63, 3.8) is 0 Å². The number of aliphatic imine (C=N–C) groups is 1. The number of nitrogens with zero attached hydrogens (tertiary/aromatic N) is 1. The summed E-state index contributed by atoms with van der Waals surface area (Å²) >= 11 is 0. The fraction of sp³-hybridized carbons (Fsp3) is 0.577. The third-order valence-corrected chi connectivity index (χ3v) is 6.12. The van der Waals surface area contributed by atoms with Gasteiger partial charge in [-0.3, -0.25) is 19.4 Å². The number of amides is 3. The number of carboxylic acids is 1. The summed E-state index contributed by atoms with van der Waals surface area (Å²) < 4.78 is 0. The summed E-state index contributed by atoms with van der Waals surface area (Å²) in [5.74, 6) is -3.50. The van der Waals surface area contributed by atoms with E-state index in [-0.39, 0.29) is 36.9 Å². The zero-order valence-electron chi connectivity index (χ0n) is 23.1. The fourth-order valence-electron chi connectivity index (χ4n) is 3.81. The van der Waals surface area contributed by atoms with Gasteiger partial charge in [0.2, 0.25) is 17.7 Å². The Morgan fingerprint density at radius 1 is 0.875 bits per heavy atom. The smallest absolute Gasteiger partial charge is 0.326 e. The van der Waals surface area contributed by atoms with Gasteiger partial charge in [0.25, 0.3) is 0 Å². The number of nitrogens with one attached hydrogen (secondary N) is 3. The van der Waals surface area contributed by atoms with Crippen LogP contribution in [0.15, 0.2) is 29.3 Å². The van der Waals surface area contributed by atoms with Crippen molar-refractivity contribution in [2.45, 2.75) is 76.5 Å². The Balaban J connectivity index is 3.03. The molecule has 1 aromatic rings. The van der Waals surface area contributed by atoms with E-state index in [4.69, 9.17) is 22.9 Å². The van der Waals surface area contributed by atoms with Crippen molar-refractivity contribution in [1.29, 1.82) is 0 Å². The number of aromatic hydroxyl groups is 1. The van der Waals surface area contributed by atoms with Gasteiger partial charge < -0.3 is 49.1 Å². The zero-order chi connectivity index (χ0) is 30.2. The van der Waals surface area contributed by atoms with Crippen LogP contribution in [0.5, 0.6) is 5.75 Å². The minimum atomic E-state index is -1.21. The molecule has 0 bridgehead atoms. The Hall–Kier alpha value is -3.91. The molecule has 1 rings (SSSR count). The van der Waals surface area contributed by atoms with Crippen molar-refractivity contribution in [3.8, 4) is 5.75 Å². The predicted octanol–water partition coefficient (Wildman–Crippen LogP) is -1.36. The summed E-state index contributed by atoms with van der Waals surface area (Å²) in [5.41, 5.74) is 22.6. The maximum atomic E-state index is 13.3. The largest absolute Gasteiger partial charge is 0.508 e. The topological polar surface area (TPSA) is 261 Å². The highest BCUT2D eigenvalue weighted by atomic mass is 16.4. The van der Waals surface area contributed by atoms with E-state index in [1.807, 2.05) is 0 Å². The second kappa shape index (κ2) is 17.6. The minimum absolute atomic E-state index is 0.00998. The summed E-state index contributed by atoms with van der Waals surface area (Å²) in [6.07, 6.45) is 2.01. The van der Waals surface area contributed by atoms with Crippen LogP contribution in [0.25, 0.3) is 0 Å². The van der Waals surface area contributed by atoms with Gasteiger partial charge in [0.15, 0.2) is 5.96 Å². The number of rotatable bonds is 18. The third-order valence-electron chi connectivity index (χ3n) is 6.12. The molecule has 0 aromatic heterocycles. The van der Waals surface area contributed by atoms with Crippen molar-refractivity contribution < 1.29 is 29.4 Å². The number of phenols is 1. The highest BCUT2D eigenvalue weighted by Gasteiger charge is 2.31. The second-order valence-corrected chi connectivity index (χ2v) is 9.90. The molecule has 3 amide bonds. The van der Waals surface area contributed by atoms with Gasteiger partial charge in [0, 0.05) is 13.0 Å². The number of aliphatic carboxylic acids is 1. The molecular formula is C26H44N8O6. The molecule has 0 fully saturated rings. The summed E-state index contributed by atoms with van der Waals surface area (Å²) in [6, 6.07) is 1.77. The average Bonchev–Trinajstić information content (AvgIpc) is 2.89. The number of hydrogen-bond acceptors (Lipinski definition) is 8. The lowest BCUT2D eigenvalue weighted by Gasteiger charge is -2.27. The van der Waals surface area contributed by atoms with E-state index in [0.29, 0.717) is 37.9 Å². The lowest BCUT2D eigenvalue weighted by Crippen LogP contribution is -2.58. The van der Waals surface area contributed by atoms with Gasteiger partial charge >= 0.3 is 5.97 Å². The first kappa shape index (κ1) is 34.1. The molecule has 0 spiro atoms. The van der Waals surface area contributed by atoms with Crippen molar-refractivity contribution in [1.82, 2.24) is 16.0 Å². The number of unbranched alkanes of at least 4 members (excludes halogenated alkanes) is 1. The van der Waals surface area contributed by atoms with Gasteiger partial charge in [-0.25, -0.2) is 4.79 Å². The Morgan fingerprint density at radius 2 is 1.50 bits per heavy atom. The first-order valence-electron chi connectivity index (χ1n) is 13.3. The lowest BCUT2D eigenvalue weighted by atomic mass is 9.99. The molecule has 40 heavy (non-hydrogen) atoms. The Morgan fingerprint density at radius 3 is 2.05 bits per heavy atom. The molecule has 0 aliphatic heterocycles. The predicted molar refractivity (Wildman–Crippen MR) is 151 cm³/mol. The van der Waals surface area contributed by atoms with E-state index in [1.165, 1.54) is 12.1 Å². The van der Waals surface area contributed by atoms with Crippen molar-refractivity contribution in [2.24, 2.45) is 33.8 Å². The van der Waals surface area contributed by atoms with Gasteiger partial charge in [0.05, 0.1) is 6.04 Å². The maximum absolute atomic E-state index is 13.3. The molecule has 4 atom stereocenters. The van der Waals surface area contributed by atoms with Crippen LogP contribution < -0.4 is 38.9 Å². The summed E-state index contributed by atoms with van der Waals surface area (Å²) in [5, 5.41) is 27.0. The second-order valence-electron chi connectivity index (χ2n) is 9.90. The van der Waals surface area contributed by atoms with E-state index in [1.54, 1.807) is 26.0 Å². The Bertz CT molecular complexity index is 997. The van der Waals surface area contributed by atoms with Gasteiger partial charge in [-0.15, -0.1) is 0 Å². The number of benzene rings is 1. The molecule has 224 valence electrons. The SMILES string of the molecule is CC(C)C(NC(=O)C(N)CCCN=C(N)N)C(=O)NC(Cc1ccc(O)cc1)C(=O)NC(CCCCN)C(=O)O. The van der Waals surface area contributed by atoms with Crippen molar-refractivity contribution in [2.75, 3.05) is 13.1 Å². The van der Waals surface area contributed by atoms with Crippen LogP contribution >= 0.6 is 0 Å². The van der Waals surface area contributed by atoms with Crippen LogP contribution in [-0.4, -0.2) is 77.1 Å². The van der Waals surface area contributed by atoms with Crippen molar-refractivity contribution in [3.05, 3.63) is 29.8 Å². The number of phenolic OH excluding ortho intramolecular Hbond substituents is 1. The molecular weight excluding hydrogens is 520 g/mol. The first-order valence-corrected chi connectivity index (χ1v) is 13.3. The molecule has 14 heteroatoms. The molecule has 1 aromatic carbocycles. The highest BCUT2D eigenvalue weighted by Crippen LogP contribution is 2.13. The molecule has 14 nitrogen and oxygen atoms in total. The number of carbonyl (C=O) groups excluding carboxylic acids is 3. The molecule has 0 aliphatic carbocycles. The quantitative estimate of drug-likeness (QED) is 0.0574. The van der Waals surface area contributed by atoms with Gasteiger partial charge in [0.1, 0.15) is 23.9 Å². The number of carbonyl (C=O) groups is 4. The standard InChI is InChI=1S/C26H44N8O6/c1-15(2)21(34-22(36)18(28)6-5-13-31-26(29)30)24(38)33-20(14-16-8-10-17(35)11-9-16)23(37)32-19(25(39)40)7-3-4-12-27/h8-11,15,18-21,35H,3-7,12-14,27-28H2,1-2H3,(H,32,37)(H,33,38)(H,34,36)(H,39,40)(H4,29,30,31). The average molecular weight is 565 g/mol. The molecule has 0 aliphatic rings. The van der Waals surface area contributed by atoms with E-state index >= 15 is 0 Å². The lowest BCUT2D eigenvalue weighted by molar-refractivity contribution is -0.142. The van der Waals surface area contributed by atoms with Gasteiger partial charge in [-0.1, -0.05) is 26.0 Å². The van der Waals surface area contributed by atoms with E-state index in [2.05, 4.69) is 20.9 Å². The molecule has 13 N–H and O–H groups in total. The summed E-state index contributed by atoms with van der Waals surface area (Å²) in [6.45, 7) is 4.14. The maximum Gasteiger partial charge on any atom is 0.326 e. The third kappa shape index (κ3) is 12.8. The van der Waals surface area contributed by atoms with Gasteiger partial charge in [-0.2, -0.15) is 0 Å². The number of carboxylic acid groups (broad SMARTS) is 1. The van der Waals surface area contributed by atoms with Crippen LogP contribution in [0.1, 0.15) is 51.5 Å². The zero-order valence-corrected chi connectivity index (χ0v) is 23.1. The first-order chi connectivity index (χ1) is 18.8. The molecule has 0 saturated heterocycles. The number of nitrogens with two attached hydrogens (primary N) is 4. The Kier molecular flexibility index (Phi) is 15.0. The van der Waals surface area contributed by atoms with E-state index < -0.39 is 47.9 Å². The van der Waals surface area contributed by atoms with Crippen LogP contribution in [0.3, 0.4) is 0 Å². The monoisotopic (exact) mass is 564 g/mol. The molecule has 4 unspecified atom stereocenters. The fourth-order valence-corrected chi connectivity index (χ4v) is 3.81. The van der Waals surface area contributed by atoms with Crippen LogP contribution in [0.2, 0.25) is 0 Å². The van der Waals surface area contributed by atoms with Crippen LogP contribution in [-0.2, 0) is 25.6 Å². The minimum Gasteiger partial charge on any atom is -0.508 e. The van der Waals surface area contributed by atoms with E-state index in [9.17, 15) is 29.4 Å². The highest BCUT2D eigenvalue weighted by molar-refractivity contribution is 5.94. The van der Waals surface area contributed by atoms with Crippen LogP contribution in [0, 0.1) is 5.92 Å². The molecule has 0 heterocycles. The molecule has 0 radical (unpaired) electrons. The number of hydrogen-bond donors (Lipinski definition) is 9. The summed E-state index contributed by atoms with van der Waals surface area (Å²) in [4.78, 5) is 54.8.